The molecule has 0 rings (SSSR count). The van der Waals surface area contributed by atoms with Gasteiger partial charge in [-0.2, -0.15) is 0 Å². The predicted octanol–water partition coefficient (Wildman–Crippen LogP) is 1.62. The molecule has 0 aromatic rings. The quantitative estimate of drug-likeness (QED) is 0.475. The molecule has 0 amide bonds. The summed E-state index contributed by atoms with van der Waals surface area (Å²) in [6.07, 6.45) is 1.06. The first kappa shape index (κ1) is 10.3. The van der Waals surface area contributed by atoms with Crippen molar-refractivity contribution in [3.8, 4) is 0 Å². The Labute approximate surface area is 68.7 Å². The summed E-state index contributed by atoms with van der Waals surface area (Å²) in [5, 5.41) is 3.14. The van der Waals surface area contributed by atoms with Crippen molar-refractivity contribution in [1.82, 2.24) is 5.32 Å². The molecule has 0 saturated heterocycles. The molecule has 0 fully saturated rings. The predicted molar refractivity (Wildman–Crippen MR) is 47.3 cm³/mol. The van der Waals surface area contributed by atoms with E-state index in [1.54, 1.807) is 0 Å². The van der Waals surface area contributed by atoms with Crippen LogP contribution in [0.2, 0.25) is 0 Å². The zero-order chi connectivity index (χ0) is 7.98. The van der Waals surface area contributed by atoms with Gasteiger partial charge in [-0.15, -0.1) is 12.6 Å². The molecule has 0 aromatic carbocycles. The number of rotatable bonds is 5. The van der Waals surface area contributed by atoms with Gasteiger partial charge in [0.25, 0.3) is 0 Å². The molecule has 0 saturated carbocycles. The third-order valence-corrected chi connectivity index (χ3v) is 1.69. The number of hydrogen-bond acceptors (Lipinski definition) is 3. The van der Waals surface area contributed by atoms with Crippen molar-refractivity contribution in [2.24, 2.45) is 0 Å². The highest BCUT2D eigenvalue weighted by atomic mass is 32.1. The highest BCUT2D eigenvalue weighted by Crippen LogP contribution is 2.03. The summed E-state index contributed by atoms with van der Waals surface area (Å²) in [6, 6.07) is 0. The van der Waals surface area contributed by atoms with E-state index in [-0.39, 0.29) is 11.7 Å². The number of ether oxygens (including phenoxy) is 1. The van der Waals surface area contributed by atoms with E-state index in [2.05, 4.69) is 31.8 Å². The van der Waals surface area contributed by atoms with E-state index < -0.39 is 0 Å². The fraction of sp³-hybridized carbons (Fsp3) is 1.00. The summed E-state index contributed by atoms with van der Waals surface area (Å²) in [6.45, 7) is 7.03. The molecule has 0 spiro atoms. The van der Waals surface area contributed by atoms with Crippen molar-refractivity contribution in [1.29, 1.82) is 0 Å². The Kier molecular flexibility index (Phi) is 6.17. The van der Waals surface area contributed by atoms with Crippen LogP contribution in [0.1, 0.15) is 27.2 Å². The minimum absolute atomic E-state index is 0.0639. The molecular formula is C7H17NOS. The number of thiol groups is 1. The van der Waals surface area contributed by atoms with Gasteiger partial charge in [0.05, 0.1) is 0 Å². The van der Waals surface area contributed by atoms with Crippen LogP contribution in [0.4, 0.5) is 0 Å². The summed E-state index contributed by atoms with van der Waals surface area (Å²) in [5.41, 5.74) is 0.0639. The Bertz CT molecular complexity index is 80.0. The molecular weight excluding hydrogens is 146 g/mol. The molecule has 10 heavy (non-hydrogen) atoms. The molecule has 0 aromatic heterocycles. The van der Waals surface area contributed by atoms with Crippen LogP contribution in [-0.2, 0) is 4.74 Å². The lowest BCUT2D eigenvalue weighted by Crippen LogP contribution is -2.30. The summed E-state index contributed by atoms with van der Waals surface area (Å²) in [7, 11) is 0. The topological polar surface area (TPSA) is 21.3 Å². The van der Waals surface area contributed by atoms with Crippen molar-refractivity contribution in [2.75, 3.05) is 6.54 Å². The minimum Gasteiger partial charge on any atom is -0.350 e. The molecule has 62 valence electrons. The molecule has 0 aliphatic rings. The van der Waals surface area contributed by atoms with Gasteiger partial charge in [0.2, 0.25) is 0 Å². The summed E-state index contributed by atoms with van der Waals surface area (Å²) in [5.74, 6) is 0. The first-order valence-electron chi connectivity index (χ1n) is 3.77. The van der Waals surface area contributed by atoms with E-state index in [1.165, 1.54) is 0 Å². The zero-order valence-corrected chi connectivity index (χ0v) is 7.82. The van der Waals surface area contributed by atoms with E-state index >= 15 is 0 Å². The largest absolute Gasteiger partial charge is 0.350 e. The van der Waals surface area contributed by atoms with Crippen LogP contribution in [0.15, 0.2) is 0 Å². The van der Waals surface area contributed by atoms with Crippen molar-refractivity contribution in [3.05, 3.63) is 0 Å². The van der Waals surface area contributed by atoms with Crippen molar-refractivity contribution >= 4 is 12.6 Å². The molecule has 2 atom stereocenters. The average Bonchev–Trinajstić information content (AvgIpc) is 1.88. The second-order valence-corrected chi connectivity index (χ2v) is 2.77. The van der Waals surface area contributed by atoms with Gasteiger partial charge in [0, 0.05) is 0 Å². The van der Waals surface area contributed by atoms with E-state index in [1.807, 2.05) is 6.92 Å². The average molecular weight is 163 g/mol. The van der Waals surface area contributed by atoms with E-state index in [9.17, 15) is 0 Å². The molecule has 0 bridgehead atoms. The van der Waals surface area contributed by atoms with Gasteiger partial charge in [-0.1, -0.05) is 13.8 Å². The SMILES string of the molecule is CCNC(C)OC(S)CC. The number of nitrogens with one attached hydrogen (secondary N) is 1. The Balaban J connectivity index is 3.27. The smallest absolute Gasteiger partial charge is 0.106 e. The van der Waals surface area contributed by atoms with Gasteiger partial charge in [-0.3, -0.25) is 5.32 Å². The lowest BCUT2D eigenvalue weighted by atomic mass is 10.5. The summed E-state index contributed by atoms with van der Waals surface area (Å²) in [4.78, 5) is 0. The standard InChI is InChI=1S/C7H17NOS/c1-4-7(10)9-6(3)8-5-2/h6-8,10H,4-5H2,1-3H3. The molecule has 0 heterocycles. The third kappa shape index (κ3) is 5.09. The van der Waals surface area contributed by atoms with Gasteiger partial charge in [0.15, 0.2) is 0 Å². The molecule has 2 nitrogen and oxygen atoms in total. The van der Waals surface area contributed by atoms with Gasteiger partial charge in [-0.05, 0) is 19.9 Å². The monoisotopic (exact) mass is 163 g/mol. The maximum absolute atomic E-state index is 5.39. The molecule has 1 N–H and O–H groups in total. The minimum atomic E-state index is 0.0639. The first-order valence-corrected chi connectivity index (χ1v) is 4.29. The van der Waals surface area contributed by atoms with Crippen LogP contribution in [0.25, 0.3) is 0 Å². The van der Waals surface area contributed by atoms with Crippen LogP contribution < -0.4 is 5.32 Å². The van der Waals surface area contributed by atoms with E-state index in [0.29, 0.717) is 0 Å². The molecule has 2 unspecified atom stereocenters. The van der Waals surface area contributed by atoms with Crippen LogP contribution in [-0.4, -0.2) is 18.2 Å². The van der Waals surface area contributed by atoms with Gasteiger partial charge < -0.3 is 4.74 Å². The van der Waals surface area contributed by atoms with Gasteiger partial charge in [-0.25, -0.2) is 0 Å². The maximum Gasteiger partial charge on any atom is 0.106 e. The van der Waals surface area contributed by atoms with Crippen LogP contribution >= 0.6 is 12.6 Å². The number of hydrogen-bond donors (Lipinski definition) is 2. The highest BCUT2D eigenvalue weighted by molar-refractivity contribution is 7.80. The molecule has 0 radical (unpaired) electrons. The second-order valence-electron chi connectivity index (χ2n) is 2.20. The van der Waals surface area contributed by atoms with Gasteiger partial charge >= 0.3 is 0 Å². The Morgan fingerprint density at radius 3 is 2.50 bits per heavy atom. The highest BCUT2D eigenvalue weighted by Gasteiger charge is 2.04. The van der Waals surface area contributed by atoms with E-state index in [4.69, 9.17) is 4.74 Å². The van der Waals surface area contributed by atoms with Gasteiger partial charge in [0.1, 0.15) is 11.7 Å². The maximum atomic E-state index is 5.39. The van der Waals surface area contributed by atoms with Crippen LogP contribution in [0.5, 0.6) is 0 Å². The van der Waals surface area contributed by atoms with Crippen molar-refractivity contribution in [3.63, 3.8) is 0 Å². The van der Waals surface area contributed by atoms with Crippen LogP contribution in [0, 0.1) is 0 Å². The molecule has 3 heteroatoms. The second kappa shape index (κ2) is 6.01. The Hall–Kier alpha value is 0.270. The first-order chi connectivity index (χ1) is 4.70. The molecule has 0 aliphatic carbocycles. The zero-order valence-electron chi connectivity index (χ0n) is 6.92. The van der Waals surface area contributed by atoms with Crippen molar-refractivity contribution in [2.45, 2.75) is 38.9 Å². The third-order valence-electron chi connectivity index (χ3n) is 1.20. The van der Waals surface area contributed by atoms with Crippen molar-refractivity contribution < 1.29 is 4.74 Å². The Morgan fingerprint density at radius 1 is 1.50 bits per heavy atom. The fourth-order valence-corrected chi connectivity index (χ4v) is 0.850. The molecule has 0 aliphatic heterocycles. The van der Waals surface area contributed by atoms with Crippen LogP contribution in [0.3, 0.4) is 0 Å². The van der Waals surface area contributed by atoms with E-state index in [0.717, 1.165) is 13.0 Å². The summed E-state index contributed by atoms with van der Waals surface area (Å²) < 4.78 is 5.39. The fourth-order valence-electron chi connectivity index (χ4n) is 0.667. The lowest BCUT2D eigenvalue weighted by Gasteiger charge is -2.17. The Morgan fingerprint density at radius 2 is 2.10 bits per heavy atom. The summed E-state index contributed by atoms with van der Waals surface area (Å²) >= 11 is 4.20. The lowest BCUT2D eigenvalue weighted by molar-refractivity contribution is 0.0263. The normalized spacial score (nSPS) is 16.8.